The van der Waals surface area contributed by atoms with Crippen LogP contribution in [0.5, 0.6) is 0 Å². The Bertz CT molecular complexity index is 687. The molecule has 0 aliphatic heterocycles. The van der Waals surface area contributed by atoms with Crippen LogP contribution >= 0.6 is 15.9 Å². The van der Waals surface area contributed by atoms with Crippen LogP contribution < -0.4 is 0 Å². The highest BCUT2D eigenvalue weighted by Gasteiger charge is 2.32. The average Bonchev–Trinajstić information content (AvgIpc) is 2.97. The highest BCUT2D eigenvalue weighted by molar-refractivity contribution is 9.10. The average molecular weight is 329 g/mol. The molecule has 1 aliphatic rings. The molecule has 96 valence electrons. The summed E-state index contributed by atoms with van der Waals surface area (Å²) in [6.45, 7) is 0. The van der Waals surface area contributed by atoms with Crippen LogP contribution in [0, 0.1) is 0 Å². The molecule has 0 amide bonds. The van der Waals surface area contributed by atoms with Gasteiger partial charge in [-0.2, -0.15) is 0 Å². The Hall–Kier alpha value is -0.880. The Kier molecular flexibility index (Phi) is 2.94. The zero-order valence-corrected chi connectivity index (χ0v) is 12.1. The molecule has 0 N–H and O–H groups in total. The standard InChI is InChI=1S/C12H13BrN2O2S/c13-9-5-6-11-14-7-12(15(11)8-9)18(16,17)10-3-1-2-4-10/h5-8,10H,1-4H2. The van der Waals surface area contributed by atoms with Gasteiger partial charge in [0.25, 0.3) is 0 Å². The van der Waals surface area contributed by atoms with Gasteiger partial charge >= 0.3 is 0 Å². The second-order valence-corrected chi connectivity index (χ2v) is 7.71. The van der Waals surface area contributed by atoms with Gasteiger partial charge in [0, 0.05) is 10.7 Å². The van der Waals surface area contributed by atoms with Crippen LogP contribution in [-0.4, -0.2) is 23.1 Å². The molecule has 3 rings (SSSR count). The van der Waals surface area contributed by atoms with Gasteiger partial charge in [-0.05, 0) is 40.9 Å². The van der Waals surface area contributed by atoms with Crippen molar-refractivity contribution in [3.8, 4) is 0 Å². The Labute approximate surface area is 114 Å². The van der Waals surface area contributed by atoms with Crippen molar-refractivity contribution in [2.75, 3.05) is 0 Å². The van der Waals surface area contributed by atoms with Gasteiger partial charge < -0.3 is 0 Å². The van der Waals surface area contributed by atoms with Crippen molar-refractivity contribution in [2.24, 2.45) is 0 Å². The molecule has 0 radical (unpaired) electrons. The fraction of sp³-hybridized carbons (Fsp3) is 0.417. The second-order valence-electron chi connectivity index (χ2n) is 4.62. The normalized spacial score (nSPS) is 17.6. The molecule has 6 heteroatoms. The molecule has 2 aromatic rings. The Morgan fingerprint density at radius 2 is 2.00 bits per heavy atom. The highest BCUT2D eigenvalue weighted by atomic mass is 79.9. The summed E-state index contributed by atoms with van der Waals surface area (Å²) < 4.78 is 27.6. The minimum absolute atomic E-state index is 0.239. The molecular formula is C12H13BrN2O2S. The fourth-order valence-corrected chi connectivity index (χ4v) is 4.76. The summed E-state index contributed by atoms with van der Waals surface area (Å²) in [5.74, 6) is 0. The molecule has 0 unspecified atom stereocenters. The lowest BCUT2D eigenvalue weighted by atomic mass is 10.4. The largest absolute Gasteiger partial charge is 0.289 e. The molecule has 0 saturated heterocycles. The zero-order chi connectivity index (χ0) is 12.8. The first-order valence-electron chi connectivity index (χ1n) is 5.95. The maximum absolute atomic E-state index is 12.5. The van der Waals surface area contributed by atoms with Crippen molar-refractivity contribution >= 4 is 31.4 Å². The van der Waals surface area contributed by atoms with Crippen molar-refractivity contribution in [1.29, 1.82) is 0 Å². The number of imidazole rings is 1. The fourth-order valence-electron chi connectivity index (χ4n) is 2.51. The molecule has 0 aromatic carbocycles. The van der Waals surface area contributed by atoms with E-state index in [1.54, 1.807) is 16.7 Å². The van der Waals surface area contributed by atoms with Gasteiger partial charge in [-0.15, -0.1) is 0 Å². The second kappa shape index (κ2) is 4.35. The Morgan fingerprint density at radius 3 is 2.72 bits per heavy atom. The number of nitrogens with zero attached hydrogens (tertiary/aromatic N) is 2. The van der Waals surface area contributed by atoms with Crippen LogP contribution in [0.15, 0.2) is 34.0 Å². The van der Waals surface area contributed by atoms with E-state index in [1.165, 1.54) is 6.20 Å². The van der Waals surface area contributed by atoms with Gasteiger partial charge in [0.2, 0.25) is 0 Å². The molecule has 0 spiro atoms. The zero-order valence-electron chi connectivity index (χ0n) is 9.71. The van der Waals surface area contributed by atoms with E-state index in [9.17, 15) is 8.42 Å². The van der Waals surface area contributed by atoms with Gasteiger partial charge in [-0.3, -0.25) is 4.40 Å². The number of fused-ring (bicyclic) bond motifs is 1. The van der Waals surface area contributed by atoms with Crippen molar-refractivity contribution in [3.05, 3.63) is 29.0 Å². The summed E-state index contributed by atoms with van der Waals surface area (Å²) in [6, 6.07) is 3.66. The van der Waals surface area contributed by atoms with Crippen LogP contribution in [0.2, 0.25) is 0 Å². The molecule has 4 nitrogen and oxygen atoms in total. The monoisotopic (exact) mass is 328 g/mol. The summed E-state index contributed by atoms with van der Waals surface area (Å²) in [6.07, 6.45) is 6.77. The third-order valence-electron chi connectivity index (χ3n) is 3.47. The van der Waals surface area contributed by atoms with E-state index < -0.39 is 9.84 Å². The van der Waals surface area contributed by atoms with E-state index in [0.717, 1.165) is 30.2 Å². The van der Waals surface area contributed by atoms with E-state index >= 15 is 0 Å². The number of hydrogen-bond donors (Lipinski definition) is 0. The van der Waals surface area contributed by atoms with E-state index in [1.807, 2.05) is 6.07 Å². The number of rotatable bonds is 2. The van der Waals surface area contributed by atoms with Crippen molar-refractivity contribution < 1.29 is 8.42 Å². The number of pyridine rings is 1. The van der Waals surface area contributed by atoms with Crippen molar-refractivity contribution in [3.63, 3.8) is 0 Å². The maximum atomic E-state index is 12.5. The minimum Gasteiger partial charge on any atom is -0.289 e. The predicted molar refractivity (Wildman–Crippen MR) is 72.3 cm³/mol. The molecule has 18 heavy (non-hydrogen) atoms. The van der Waals surface area contributed by atoms with Crippen molar-refractivity contribution in [2.45, 2.75) is 36.0 Å². The van der Waals surface area contributed by atoms with Gasteiger partial charge in [-0.25, -0.2) is 13.4 Å². The van der Waals surface area contributed by atoms with E-state index in [0.29, 0.717) is 10.7 Å². The van der Waals surface area contributed by atoms with E-state index in [2.05, 4.69) is 20.9 Å². The highest BCUT2D eigenvalue weighted by Crippen LogP contribution is 2.30. The first-order valence-corrected chi connectivity index (χ1v) is 8.29. The molecule has 1 fully saturated rings. The third kappa shape index (κ3) is 1.87. The topological polar surface area (TPSA) is 51.4 Å². The molecular weight excluding hydrogens is 316 g/mol. The summed E-state index contributed by atoms with van der Waals surface area (Å²) in [7, 11) is -3.26. The quantitative estimate of drug-likeness (QED) is 0.851. The Balaban J connectivity index is 2.16. The summed E-state index contributed by atoms with van der Waals surface area (Å²) in [5, 5.41) is 0.0714. The number of aromatic nitrogens is 2. The molecule has 2 heterocycles. The van der Waals surface area contributed by atoms with E-state index in [4.69, 9.17) is 0 Å². The smallest absolute Gasteiger partial charge is 0.198 e. The predicted octanol–water partition coefficient (Wildman–Crippen LogP) is 2.81. The molecule has 2 aromatic heterocycles. The van der Waals surface area contributed by atoms with Crippen LogP contribution in [0.4, 0.5) is 0 Å². The van der Waals surface area contributed by atoms with Gasteiger partial charge in [0.15, 0.2) is 14.9 Å². The van der Waals surface area contributed by atoms with Crippen molar-refractivity contribution in [1.82, 2.24) is 9.38 Å². The summed E-state index contributed by atoms with van der Waals surface area (Å²) in [5.41, 5.74) is 0.662. The van der Waals surface area contributed by atoms with Gasteiger partial charge in [0.1, 0.15) is 5.65 Å². The molecule has 1 saturated carbocycles. The number of halogens is 1. The van der Waals surface area contributed by atoms with Gasteiger partial charge in [0.05, 0.1) is 11.4 Å². The maximum Gasteiger partial charge on any atom is 0.198 e. The lowest BCUT2D eigenvalue weighted by Gasteiger charge is -2.10. The molecule has 0 atom stereocenters. The minimum atomic E-state index is -3.26. The number of hydrogen-bond acceptors (Lipinski definition) is 3. The third-order valence-corrected chi connectivity index (χ3v) is 6.17. The van der Waals surface area contributed by atoms with Crippen LogP contribution in [0.1, 0.15) is 25.7 Å². The lowest BCUT2D eigenvalue weighted by Crippen LogP contribution is -2.19. The molecule has 0 bridgehead atoms. The summed E-state index contributed by atoms with van der Waals surface area (Å²) in [4.78, 5) is 4.16. The molecule has 1 aliphatic carbocycles. The van der Waals surface area contributed by atoms with Gasteiger partial charge in [-0.1, -0.05) is 12.8 Å². The first-order chi connectivity index (χ1) is 8.59. The van der Waals surface area contributed by atoms with Crippen LogP contribution in [-0.2, 0) is 9.84 Å². The Morgan fingerprint density at radius 1 is 1.28 bits per heavy atom. The van der Waals surface area contributed by atoms with Crippen LogP contribution in [0.3, 0.4) is 0 Å². The first kappa shape index (κ1) is 12.2. The van der Waals surface area contributed by atoms with E-state index in [-0.39, 0.29) is 5.25 Å². The summed E-state index contributed by atoms with van der Waals surface area (Å²) >= 11 is 3.36. The lowest BCUT2D eigenvalue weighted by molar-refractivity contribution is 0.574. The van der Waals surface area contributed by atoms with Crippen LogP contribution in [0.25, 0.3) is 5.65 Å². The SMILES string of the molecule is O=S(=O)(c1cnc2ccc(Br)cn12)C1CCCC1. The number of sulfone groups is 1.